The van der Waals surface area contributed by atoms with Gasteiger partial charge >= 0.3 is 5.97 Å². The Hall–Kier alpha value is -3.11. The molecule has 0 aliphatic rings. The molecule has 2 heterocycles. The van der Waals surface area contributed by atoms with E-state index in [-0.39, 0.29) is 36.8 Å². The zero-order valence-electron chi connectivity index (χ0n) is 15.3. The minimum atomic E-state index is -1.02. The topological polar surface area (TPSA) is 129 Å². The quantitative estimate of drug-likeness (QED) is 0.533. The van der Waals surface area contributed by atoms with E-state index in [4.69, 9.17) is 15.6 Å². The molecule has 0 saturated carbocycles. The monoisotopic (exact) mass is 422 g/mol. The Morgan fingerprint density at radius 2 is 2.14 bits per heavy atom. The third-order valence-electron chi connectivity index (χ3n) is 3.82. The van der Waals surface area contributed by atoms with E-state index >= 15 is 0 Å². The summed E-state index contributed by atoms with van der Waals surface area (Å²) in [6.07, 6.45) is 2.09. The third-order valence-corrected chi connectivity index (χ3v) is 3.82. The second kappa shape index (κ2) is 10.4. The highest BCUT2D eigenvalue weighted by Gasteiger charge is 2.15. The first kappa shape index (κ1) is 22.2. The van der Waals surface area contributed by atoms with Gasteiger partial charge in [0.25, 0.3) is 0 Å². The van der Waals surface area contributed by atoms with Gasteiger partial charge in [0.15, 0.2) is 0 Å². The highest BCUT2D eigenvalue weighted by molar-refractivity contribution is 5.85. The van der Waals surface area contributed by atoms with Crippen LogP contribution in [0.15, 0.2) is 42.6 Å². The summed E-state index contributed by atoms with van der Waals surface area (Å²) >= 11 is 0. The van der Waals surface area contributed by atoms with Crippen molar-refractivity contribution < 1.29 is 19.0 Å². The van der Waals surface area contributed by atoms with Crippen molar-refractivity contribution in [2.24, 2.45) is 5.73 Å². The molecular weight excluding hydrogens is 403 g/mol. The summed E-state index contributed by atoms with van der Waals surface area (Å²) in [4.78, 5) is 16.0. The van der Waals surface area contributed by atoms with Crippen LogP contribution in [0.2, 0.25) is 0 Å². The molecule has 0 aliphatic heterocycles. The first-order valence-electron chi connectivity index (χ1n) is 8.59. The predicted molar refractivity (Wildman–Crippen MR) is 104 cm³/mol. The Morgan fingerprint density at radius 1 is 1.31 bits per heavy atom. The molecule has 0 fully saturated rings. The van der Waals surface area contributed by atoms with E-state index < -0.39 is 17.8 Å². The number of aliphatic carboxylic acids is 1. The Kier molecular flexibility index (Phi) is 7.98. The number of aromatic nitrogens is 5. The number of nitrogens with two attached hydrogens (primary N) is 1. The number of halogens is 2. The molecule has 3 aromatic rings. The van der Waals surface area contributed by atoms with Crippen LogP contribution >= 0.6 is 12.4 Å². The summed E-state index contributed by atoms with van der Waals surface area (Å²) in [5, 5.41) is 20.4. The molecule has 1 aromatic carbocycles. The van der Waals surface area contributed by atoms with Gasteiger partial charge in [-0.3, -0.25) is 9.78 Å². The first-order valence-corrected chi connectivity index (χ1v) is 8.59. The van der Waals surface area contributed by atoms with Gasteiger partial charge in [-0.25, -0.2) is 4.39 Å². The number of carboxylic acids is 1. The van der Waals surface area contributed by atoms with Crippen LogP contribution in [0.1, 0.15) is 12.1 Å². The van der Waals surface area contributed by atoms with Gasteiger partial charge in [-0.15, -0.1) is 22.6 Å². The van der Waals surface area contributed by atoms with Crippen LogP contribution in [0, 0.1) is 5.82 Å². The predicted octanol–water partition coefficient (Wildman–Crippen LogP) is 1.72. The molecule has 2 aromatic heterocycles. The van der Waals surface area contributed by atoms with Gasteiger partial charge in [0.1, 0.15) is 11.6 Å². The van der Waals surface area contributed by atoms with E-state index in [1.165, 1.54) is 12.1 Å². The molecule has 3 rings (SSSR count). The molecule has 11 heteroatoms. The number of rotatable bonds is 9. The van der Waals surface area contributed by atoms with Crippen molar-refractivity contribution in [3.8, 4) is 17.1 Å². The van der Waals surface area contributed by atoms with Crippen LogP contribution in [-0.2, 0) is 17.8 Å². The number of nitrogens with zero attached hydrogens (tertiary/aromatic N) is 5. The zero-order valence-corrected chi connectivity index (χ0v) is 16.1. The third kappa shape index (κ3) is 6.47. The molecule has 154 valence electrons. The maximum atomic E-state index is 14.4. The highest BCUT2D eigenvalue weighted by Crippen LogP contribution is 2.23. The molecule has 0 unspecified atom stereocenters. The smallest absolute Gasteiger partial charge is 0.304 e. The van der Waals surface area contributed by atoms with Gasteiger partial charge in [-0.2, -0.15) is 4.80 Å². The minimum absolute atomic E-state index is 0. The number of pyridine rings is 1. The molecule has 0 radical (unpaired) electrons. The fraction of sp³-hybridized carbons (Fsp3) is 0.278. The fourth-order valence-corrected chi connectivity index (χ4v) is 2.51. The average molecular weight is 423 g/mol. The van der Waals surface area contributed by atoms with Crippen molar-refractivity contribution in [1.82, 2.24) is 25.2 Å². The lowest BCUT2D eigenvalue weighted by molar-refractivity contribution is -0.137. The molecule has 0 bridgehead atoms. The van der Waals surface area contributed by atoms with E-state index in [1.54, 1.807) is 12.3 Å². The molecule has 0 saturated heterocycles. The van der Waals surface area contributed by atoms with Crippen LogP contribution in [0.5, 0.6) is 5.75 Å². The summed E-state index contributed by atoms with van der Waals surface area (Å²) in [5.74, 6) is -1.10. The van der Waals surface area contributed by atoms with Crippen molar-refractivity contribution in [1.29, 1.82) is 0 Å². The van der Waals surface area contributed by atoms with Gasteiger partial charge in [-0.1, -0.05) is 6.07 Å². The number of hydrogen-bond acceptors (Lipinski definition) is 7. The lowest BCUT2D eigenvalue weighted by Crippen LogP contribution is -2.30. The zero-order chi connectivity index (χ0) is 19.9. The van der Waals surface area contributed by atoms with Crippen LogP contribution in [0.3, 0.4) is 0 Å². The van der Waals surface area contributed by atoms with Crippen molar-refractivity contribution in [3.05, 3.63) is 54.1 Å². The second-order valence-corrected chi connectivity index (χ2v) is 6.09. The average Bonchev–Trinajstić information content (AvgIpc) is 3.10. The number of carbonyl (C=O) groups is 1. The van der Waals surface area contributed by atoms with Crippen LogP contribution in [-0.4, -0.2) is 48.9 Å². The van der Waals surface area contributed by atoms with Crippen LogP contribution in [0.4, 0.5) is 4.39 Å². The Balaban J connectivity index is 0.00000300. The van der Waals surface area contributed by atoms with Crippen molar-refractivity contribution in [2.45, 2.75) is 25.4 Å². The maximum Gasteiger partial charge on any atom is 0.304 e. The van der Waals surface area contributed by atoms with E-state index in [0.29, 0.717) is 18.8 Å². The van der Waals surface area contributed by atoms with Crippen molar-refractivity contribution >= 4 is 18.4 Å². The highest BCUT2D eigenvalue weighted by atomic mass is 35.5. The van der Waals surface area contributed by atoms with E-state index in [2.05, 4.69) is 20.4 Å². The van der Waals surface area contributed by atoms with Crippen LogP contribution in [0.25, 0.3) is 11.4 Å². The summed E-state index contributed by atoms with van der Waals surface area (Å²) in [6.45, 7) is 0.432. The molecular formula is C18H20ClFN6O3. The van der Waals surface area contributed by atoms with Crippen molar-refractivity contribution in [2.75, 3.05) is 6.61 Å². The van der Waals surface area contributed by atoms with E-state index in [9.17, 15) is 9.18 Å². The molecule has 0 spiro atoms. The Labute approximate surface area is 172 Å². The SMILES string of the molecule is Cl.N[C@@H](CC(=O)O)Cn1nnc(-c2ccc(OCCc3ccccn3)cc2F)n1. The number of hydrogen-bond donors (Lipinski definition) is 2. The maximum absolute atomic E-state index is 14.4. The molecule has 0 aliphatic carbocycles. The number of benzene rings is 1. The number of ether oxygens (including phenoxy) is 1. The van der Waals surface area contributed by atoms with Gasteiger partial charge < -0.3 is 15.6 Å². The van der Waals surface area contributed by atoms with Gasteiger partial charge in [0.05, 0.1) is 25.1 Å². The summed E-state index contributed by atoms with van der Waals surface area (Å²) in [6, 6.07) is 9.33. The second-order valence-electron chi connectivity index (χ2n) is 6.09. The molecule has 3 N–H and O–H groups in total. The van der Waals surface area contributed by atoms with Gasteiger partial charge in [-0.05, 0) is 29.5 Å². The van der Waals surface area contributed by atoms with Gasteiger partial charge in [0, 0.05) is 30.4 Å². The number of carboxylic acid groups (broad SMARTS) is 1. The molecule has 0 amide bonds. The van der Waals surface area contributed by atoms with E-state index in [1.807, 2.05) is 18.2 Å². The largest absolute Gasteiger partial charge is 0.493 e. The van der Waals surface area contributed by atoms with E-state index in [0.717, 1.165) is 10.5 Å². The van der Waals surface area contributed by atoms with Gasteiger partial charge in [0.2, 0.25) is 5.82 Å². The summed E-state index contributed by atoms with van der Waals surface area (Å²) < 4.78 is 20.0. The molecule has 9 nitrogen and oxygen atoms in total. The lowest BCUT2D eigenvalue weighted by atomic mass is 10.2. The normalized spacial score (nSPS) is 11.5. The first-order chi connectivity index (χ1) is 13.5. The minimum Gasteiger partial charge on any atom is -0.493 e. The number of tetrazole rings is 1. The summed E-state index contributed by atoms with van der Waals surface area (Å²) in [5.41, 5.74) is 6.74. The molecule has 1 atom stereocenters. The molecule has 29 heavy (non-hydrogen) atoms. The van der Waals surface area contributed by atoms with Crippen molar-refractivity contribution in [3.63, 3.8) is 0 Å². The Morgan fingerprint density at radius 3 is 2.83 bits per heavy atom. The lowest BCUT2D eigenvalue weighted by Gasteiger charge is -2.07. The Bertz CT molecular complexity index is 940. The standard InChI is InChI=1S/C18H19FN6O3.ClH/c19-16-10-14(28-8-6-13-3-1-2-7-21-13)4-5-15(16)18-22-24-25(23-18)11-12(20)9-17(26)27;/h1-5,7,10,12H,6,8-9,11,20H2,(H,26,27);1H/t12-;/m0./s1. The fourth-order valence-electron chi connectivity index (χ4n) is 2.51. The summed E-state index contributed by atoms with van der Waals surface area (Å²) in [7, 11) is 0. The van der Waals surface area contributed by atoms with Crippen LogP contribution < -0.4 is 10.5 Å².